The number of benzene rings is 1. The number of hydrogen-bond acceptors (Lipinski definition) is 4. The Labute approximate surface area is 119 Å². The van der Waals surface area contributed by atoms with E-state index < -0.39 is 5.91 Å². The van der Waals surface area contributed by atoms with E-state index in [1.807, 2.05) is 24.3 Å². The molecule has 106 valence electrons. The predicted molar refractivity (Wildman–Crippen MR) is 75.8 cm³/mol. The Kier molecular flexibility index (Phi) is 3.38. The van der Waals surface area contributed by atoms with Crippen LogP contribution in [0, 0.1) is 0 Å². The van der Waals surface area contributed by atoms with E-state index in [2.05, 4.69) is 20.8 Å². The zero-order valence-corrected chi connectivity index (χ0v) is 10.9. The molecule has 0 bridgehead atoms. The van der Waals surface area contributed by atoms with E-state index >= 15 is 0 Å². The number of nitrogens with zero attached hydrogens (tertiary/aromatic N) is 1. The van der Waals surface area contributed by atoms with Crippen molar-refractivity contribution in [1.82, 2.24) is 15.5 Å². The van der Waals surface area contributed by atoms with Gasteiger partial charge in [-0.2, -0.15) is 5.10 Å². The first-order valence-electron chi connectivity index (χ1n) is 6.29. The van der Waals surface area contributed by atoms with E-state index in [9.17, 15) is 9.59 Å². The van der Waals surface area contributed by atoms with E-state index in [-0.39, 0.29) is 18.2 Å². The molecule has 7 nitrogen and oxygen atoms in total. The number of para-hydroxylation sites is 1. The Balaban J connectivity index is 1.60. The second-order valence-electron chi connectivity index (χ2n) is 4.33. The van der Waals surface area contributed by atoms with E-state index in [0.29, 0.717) is 5.82 Å². The third-order valence-electron chi connectivity index (χ3n) is 2.88. The molecule has 3 aromatic rings. The molecule has 0 saturated heterocycles. The standard InChI is InChI=1S/C14H12N4O3/c19-12(8-15-14(20)11-6-3-7-21-11)16-13-9-4-1-2-5-10(9)17-18-13/h1-7H,8H2,(H,15,20)(H2,16,17,18,19). The number of aromatic amines is 1. The van der Waals surface area contributed by atoms with E-state index in [0.717, 1.165) is 10.9 Å². The summed E-state index contributed by atoms with van der Waals surface area (Å²) in [6, 6.07) is 10.5. The molecule has 0 aliphatic rings. The van der Waals surface area contributed by atoms with Crippen LogP contribution in [0.2, 0.25) is 0 Å². The van der Waals surface area contributed by atoms with E-state index in [4.69, 9.17) is 4.42 Å². The van der Waals surface area contributed by atoms with Crippen LogP contribution in [0.4, 0.5) is 5.82 Å². The monoisotopic (exact) mass is 284 g/mol. The summed E-state index contributed by atoms with van der Waals surface area (Å²) in [6.07, 6.45) is 1.39. The number of carbonyl (C=O) groups excluding carboxylic acids is 2. The van der Waals surface area contributed by atoms with E-state index in [1.165, 1.54) is 12.3 Å². The number of rotatable bonds is 4. The molecule has 3 rings (SSSR count). The van der Waals surface area contributed by atoms with Gasteiger partial charge in [0.05, 0.1) is 18.3 Å². The van der Waals surface area contributed by atoms with Crippen molar-refractivity contribution in [2.24, 2.45) is 0 Å². The molecule has 21 heavy (non-hydrogen) atoms. The molecule has 1 aromatic carbocycles. The molecular formula is C14H12N4O3. The maximum Gasteiger partial charge on any atom is 0.287 e. The van der Waals surface area contributed by atoms with Crippen LogP contribution in [0.15, 0.2) is 47.1 Å². The molecule has 0 radical (unpaired) electrons. The number of hydrogen-bond donors (Lipinski definition) is 3. The Morgan fingerprint density at radius 2 is 2.05 bits per heavy atom. The largest absolute Gasteiger partial charge is 0.459 e. The Hall–Kier alpha value is -3.09. The van der Waals surface area contributed by atoms with Crippen LogP contribution in [0.25, 0.3) is 10.9 Å². The quantitative estimate of drug-likeness (QED) is 0.676. The van der Waals surface area contributed by atoms with Crippen molar-refractivity contribution < 1.29 is 14.0 Å². The molecule has 0 spiro atoms. The number of furan rings is 1. The van der Waals surface area contributed by atoms with Gasteiger partial charge in [-0.15, -0.1) is 0 Å². The topological polar surface area (TPSA) is 100 Å². The van der Waals surface area contributed by atoms with Gasteiger partial charge in [-0.3, -0.25) is 14.7 Å². The van der Waals surface area contributed by atoms with Crippen LogP contribution in [-0.4, -0.2) is 28.6 Å². The number of anilines is 1. The lowest BCUT2D eigenvalue weighted by Gasteiger charge is -2.03. The van der Waals surface area contributed by atoms with Crippen LogP contribution in [0.5, 0.6) is 0 Å². The number of aromatic nitrogens is 2. The molecule has 0 saturated carbocycles. The van der Waals surface area contributed by atoms with Gasteiger partial charge >= 0.3 is 0 Å². The zero-order valence-electron chi connectivity index (χ0n) is 10.9. The third kappa shape index (κ3) is 2.76. The highest BCUT2D eigenvalue weighted by Gasteiger charge is 2.12. The fourth-order valence-corrected chi connectivity index (χ4v) is 1.89. The minimum atomic E-state index is -0.443. The molecular weight excluding hydrogens is 272 g/mol. The molecule has 0 atom stereocenters. The number of amides is 2. The molecule has 0 aliphatic carbocycles. The lowest BCUT2D eigenvalue weighted by atomic mass is 10.2. The summed E-state index contributed by atoms with van der Waals surface area (Å²) in [6.45, 7) is -0.166. The van der Waals surface area contributed by atoms with Gasteiger partial charge in [0.15, 0.2) is 11.6 Å². The Morgan fingerprint density at radius 3 is 2.86 bits per heavy atom. The SMILES string of the molecule is O=C(CNC(=O)c1ccco1)Nc1n[nH]c2ccccc12. The average molecular weight is 284 g/mol. The normalized spacial score (nSPS) is 10.5. The lowest BCUT2D eigenvalue weighted by molar-refractivity contribution is -0.115. The minimum Gasteiger partial charge on any atom is -0.459 e. The van der Waals surface area contributed by atoms with Crippen LogP contribution < -0.4 is 10.6 Å². The van der Waals surface area contributed by atoms with Crippen LogP contribution in [0.1, 0.15) is 10.6 Å². The Morgan fingerprint density at radius 1 is 1.19 bits per heavy atom. The van der Waals surface area contributed by atoms with E-state index in [1.54, 1.807) is 6.07 Å². The second-order valence-corrected chi connectivity index (χ2v) is 4.33. The summed E-state index contributed by atoms with van der Waals surface area (Å²) >= 11 is 0. The van der Waals surface area contributed by atoms with Crippen LogP contribution >= 0.6 is 0 Å². The van der Waals surface area contributed by atoms with Crippen molar-refractivity contribution in [3.8, 4) is 0 Å². The van der Waals surface area contributed by atoms with Crippen molar-refractivity contribution in [2.45, 2.75) is 0 Å². The first-order valence-corrected chi connectivity index (χ1v) is 6.29. The van der Waals surface area contributed by atoms with Gasteiger partial charge in [-0.1, -0.05) is 12.1 Å². The van der Waals surface area contributed by atoms with Gasteiger partial charge in [0, 0.05) is 5.39 Å². The van der Waals surface area contributed by atoms with Gasteiger partial charge in [0.2, 0.25) is 5.91 Å². The second kappa shape index (κ2) is 5.49. The summed E-state index contributed by atoms with van der Waals surface area (Å²) in [5.41, 5.74) is 0.826. The van der Waals surface area contributed by atoms with Gasteiger partial charge in [-0.05, 0) is 24.3 Å². The summed E-state index contributed by atoms with van der Waals surface area (Å²) in [7, 11) is 0. The summed E-state index contributed by atoms with van der Waals surface area (Å²) in [4.78, 5) is 23.4. The number of fused-ring (bicyclic) bond motifs is 1. The highest BCUT2D eigenvalue weighted by Crippen LogP contribution is 2.19. The summed E-state index contributed by atoms with van der Waals surface area (Å²) < 4.78 is 4.93. The first-order chi connectivity index (χ1) is 10.2. The van der Waals surface area contributed by atoms with Gasteiger partial charge < -0.3 is 15.1 Å². The summed E-state index contributed by atoms with van der Waals surface area (Å²) in [5, 5.41) is 12.7. The minimum absolute atomic E-state index is 0.160. The third-order valence-corrected chi connectivity index (χ3v) is 2.88. The maximum atomic E-state index is 11.8. The van der Waals surface area contributed by atoms with Crippen molar-refractivity contribution in [3.63, 3.8) is 0 Å². The smallest absolute Gasteiger partial charge is 0.287 e. The molecule has 7 heteroatoms. The highest BCUT2D eigenvalue weighted by molar-refractivity contribution is 6.02. The van der Waals surface area contributed by atoms with Crippen molar-refractivity contribution in [2.75, 3.05) is 11.9 Å². The average Bonchev–Trinajstić information content (AvgIpc) is 3.15. The highest BCUT2D eigenvalue weighted by atomic mass is 16.3. The molecule has 0 fully saturated rings. The maximum absolute atomic E-state index is 11.8. The van der Waals surface area contributed by atoms with Crippen LogP contribution in [0.3, 0.4) is 0 Å². The van der Waals surface area contributed by atoms with Gasteiger partial charge in [0.1, 0.15) is 0 Å². The van der Waals surface area contributed by atoms with Crippen molar-refractivity contribution in [3.05, 3.63) is 48.4 Å². The van der Waals surface area contributed by atoms with Gasteiger partial charge in [0.25, 0.3) is 5.91 Å². The number of H-pyrrole nitrogens is 1. The fraction of sp³-hybridized carbons (Fsp3) is 0.0714. The molecule has 2 aromatic heterocycles. The predicted octanol–water partition coefficient (Wildman–Crippen LogP) is 1.52. The Bertz CT molecular complexity index is 776. The zero-order chi connectivity index (χ0) is 14.7. The van der Waals surface area contributed by atoms with Crippen molar-refractivity contribution >= 4 is 28.5 Å². The van der Waals surface area contributed by atoms with Gasteiger partial charge in [-0.25, -0.2) is 0 Å². The molecule has 2 amide bonds. The molecule has 2 heterocycles. The summed E-state index contributed by atoms with van der Waals surface area (Å²) in [5.74, 6) is -0.218. The van der Waals surface area contributed by atoms with Crippen molar-refractivity contribution in [1.29, 1.82) is 0 Å². The molecule has 0 aliphatic heterocycles. The molecule has 3 N–H and O–H groups in total. The van der Waals surface area contributed by atoms with Crippen LogP contribution in [-0.2, 0) is 4.79 Å². The lowest BCUT2D eigenvalue weighted by Crippen LogP contribution is -2.32. The fourth-order valence-electron chi connectivity index (χ4n) is 1.89. The first kappa shape index (κ1) is 12.9. The number of nitrogens with one attached hydrogen (secondary N) is 3. The molecule has 0 unspecified atom stereocenters. The number of carbonyl (C=O) groups is 2.